The molecule has 0 radical (unpaired) electrons. The molecule has 1 aromatic rings. The van der Waals surface area contributed by atoms with E-state index in [1.807, 2.05) is 0 Å². The smallest absolute Gasteiger partial charge is 0.131 e. The summed E-state index contributed by atoms with van der Waals surface area (Å²) < 4.78 is 24.2. The van der Waals surface area contributed by atoms with Gasteiger partial charge in [-0.15, -0.1) is 0 Å². The number of hydrogen-bond donors (Lipinski definition) is 1. The molecule has 0 saturated heterocycles. The van der Waals surface area contributed by atoms with Crippen LogP contribution in [-0.2, 0) is 16.9 Å². The Kier molecular flexibility index (Phi) is 3.35. The number of halogens is 1. The van der Waals surface area contributed by atoms with Crippen LogP contribution in [-0.4, -0.2) is 14.2 Å². The summed E-state index contributed by atoms with van der Waals surface area (Å²) in [6.45, 7) is 0.395. The second-order valence-corrected chi connectivity index (χ2v) is 4.59. The predicted molar refractivity (Wildman–Crippen MR) is 63.4 cm³/mol. The fourth-order valence-corrected chi connectivity index (χ4v) is 2.27. The van der Waals surface area contributed by atoms with E-state index in [0.29, 0.717) is 17.9 Å². The van der Waals surface area contributed by atoms with Crippen LogP contribution in [0.3, 0.4) is 0 Å². The van der Waals surface area contributed by atoms with E-state index in [1.54, 1.807) is 13.2 Å². The first-order valence-corrected chi connectivity index (χ1v) is 5.75. The highest BCUT2D eigenvalue weighted by Gasteiger charge is 2.37. The second kappa shape index (κ2) is 4.63. The number of hydrogen-bond acceptors (Lipinski definition) is 3. The highest BCUT2D eigenvalue weighted by molar-refractivity contribution is 5.41. The fourth-order valence-electron chi connectivity index (χ4n) is 2.27. The molecule has 0 bridgehead atoms. The first-order valence-electron chi connectivity index (χ1n) is 5.75. The average Bonchev–Trinajstić information content (AvgIpc) is 2.28. The molecule has 0 heterocycles. The molecule has 0 atom stereocenters. The Morgan fingerprint density at radius 3 is 2.53 bits per heavy atom. The van der Waals surface area contributed by atoms with Crippen molar-refractivity contribution in [3.05, 3.63) is 29.1 Å². The normalized spacial score (nSPS) is 17.6. The van der Waals surface area contributed by atoms with Crippen molar-refractivity contribution in [1.29, 1.82) is 0 Å². The first-order chi connectivity index (χ1) is 8.10. The number of rotatable bonds is 4. The minimum absolute atomic E-state index is 0.288. The van der Waals surface area contributed by atoms with E-state index in [9.17, 15) is 4.39 Å². The molecule has 3 nitrogen and oxygen atoms in total. The summed E-state index contributed by atoms with van der Waals surface area (Å²) in [5, 5.41) is 0. The molecule has 0 unspecified atom stereocenters. The van der Waals surface area contributed by atoms with Crippen LogP contribution < -0.4 is 10.5 Å². The van der Waals surface area contributed by atoms with Crippen LogP contribution in [0.2, 0.25) is 0 Å². The molecule has 1 aliphatic carbocycles. The lowest BCUT2D eigenvalue weighted by atomic mass is 9.72. The van der Waals surface area contributed by atoms with E-state index in [4.69, 9.17) is 15.2 Å². The van der Waals surface area contributed by atoms with Crippen molar-refractivity contribution >= 4 is 0 Å². The van der Waals surface area contributed by atoms with Crippen LogP contribution in [0.25, 0.3) is 0 Å². The molecule has 17 heavy (non-hydrogen) atoms. The van der Waals surface area contributed by atoms with Gasteiger partial charge in [-0.25, -0.2) is 4.39 Å². The Hall–Kier alpha value is -1.13. The number of ether oxygens (including phenoxy) is 2. The largest absolute Gasteiger partial charge is 0.496 e. The van der Waals surface area contributed by atoms with Gasteiger partial charge in [0.1, 0.15) is 11.6 Å². The molecule has 0 amide bonds. The van der Waals surface area contributed by atoms with Crippen molar-refractivity contribution in [2.24, 2.45) is 5.73 Å². The quantitative estimate of drug-likeness (QED) is 0.877. The number of methoxy groups -OCH3 is 2. The molecule has 1 aromatic carbocycles. The van der Waals surface area contributed by atoms with Crippen molar-refractivity contribution in [3.63, 3.8) is 0 Å². The third-order valence-electron chi connectivity index (χ3n) is 3.45. The van der Waals surface area contributed by atoms with Crippen LogP contribution in [0.1, 0.15) is 30.4 Å². The van der Waals surface area contributed by atoms with Gasteiger partial charge in [0.05, 0.1) is 13.7 Å². The molecule has 1 aliphatic rings. The predicted octanol–water partition coefficient (Wildman–Crippen LogP) is 2.32. The van der Waals surface area contributed by atoms with Gasteiger partial charge in [0, 0.05) is 29.8 Å². The van der Waals surface area contributed by atoms with Crippen LogP contribution in [0.4, 0.5) is 4.39 Å². The average molecular weight is 239 g/mol. The maximum atomic E-state index is 14.0. The molecule has 1 saturated carbocycles. The lowest BCUT2D eigenvalue weighted by molar-refractivity contribution is 0.180. The first kappa shape index (κ1) is 12.3. The molecule has 2 rings (SSSR count). The van der Waals surface area contributed by atoms with Gasteiger partial charge in [0.2, 0.25) is 0 Å². The van der Waals surface area contributed by atoms with E-state index in [1.165, 1.54) is 13.2 Å². The molecule has 0 aromatic heterocycles. The Labute approximate surface area is 101 Å². The maximum absolute atomic E-state index is 14.0. The topological polar surface area (TPSA) is 44.5 Å². The Bertz CT molecular complexity index is 416. The Morgan fingerprint density at radius 2 is 2.06 bits per heavy atom. The minimum Gasteiger partial charge on any atom is -0.496 e. The molecular formula is C13H18FNO2. The van der Waals surface area contributed by atoms with E-state index in [-0.39, 0.29) is 5.82 Å². The lowest BCUT2D eigenvalue weighted by Gasteiger charge is -2.39. The van der Waals surface area contributed by atoms with Crippen molar-refractivity contribution < 1.29 is 13.9 Å². The van der Waals surface area contributed by atoms with Gasteiger partial charge in [0.15, 0.2) is 0 Å². The zero-order valence-electron chi connectivity index (χ0n) is 10.3. The van der Waals surface area contributed by atoms with Gasteiger partial charge in [0.25, 0.3) is 0 Å². The van der Waals surface area contributed by atoms with Crippen molar-refractivity contribution in [1.82, 2.24) is 0 Å². The maximum Gasteiger partial charge on any atom is 0.131 e. The third-order valence-corrected chi connectivity index (χ3v) is 3.45. The van der Waals surface area contributed by atoms with Gasteiger partial charge in [-0.3, -0.25) is 0 Å². The molecule has 0 aliphatic heterocycles. The summed E-state index contributed by atoms with van der Waals surface area (Å²) in [5.41, 5.74) is 7.08. The molecule has 0 spiro atoms. The number of nitrogens with two attached hydrogens (primary N) is 1. The number of benzene rings is 1. The van der Waals surface area contributed by atoms with Crippen molar-refractivity contribution in [2.45, 2.75) is 31.4 Å². The highest BCUT2D eigenvalue weighted by atomic mass is 19.1. The Balaban J connectivity index is 2.42. The van der Waals surface area contributed by atoms with Crippen LogP contribution in [0, 0.1) is 5.82 Å². The molecule has 4 heteroatoms. The second-order valence-electron chi connectivity index (χ2n) is 4.59. The van der Waals surface area contributed by atoms with Crippen LogP contribution in [0.5, 0.6) is 5.75 Å². The summed E-state index contributed by atoms with van der Waals surface area (Å²) >= 11 is 0. The zero-order valence-corrected chi connectivity index (χ0v) is 10.3. The fraction of sp³-hybridized carbons (Fsp3) is 0.538. The van der Waals surface area contributed by atoms with E-state index in [0.717, 1.165) is 24.8 Å². The molecule has 2 N–H and O–H groups in total. The van der Waals surface area contributed by atoms with Gasteiger partial charge >= 0.3 is 0 Å². The van der Waals surface area contributed by atoms with Crippen LogP contribution in [0.15, 0.2) is 12.1 Å². The summed E-state index contributed by atoms with van der Waals surface area (Å²) in [6.07, 6.45) is 2.73. The van der Waals surface area contributed by atoms with E-state index < -0.39 is 5.54 Å². The standard InChI is InChI=1S/C13H18FNO2/c1-16-8-9-6-10(13(15)4-3-5-13)11(14)7-12(9)17-2/h6-7H,3-5,8,15H2,1-2H3. The van der Waals surface area contributed by atoms with Gasteiger partial charge < -0.3 is 15.2 Å². The van der Waals surface area contributed by atoms with Gasteiger partial charge in [-0.2, -0.15) is 0 Å². The van der Waals surface area contributed by atoms with Crippen LogP contribution >= 0.6 is 0 Å². The lowest BCUT2D eigenvalue weighted by Crippen LogP contribution is -2.44. The summed E-state index contributed by atoms with van der Waals surface area (Å²) in [5.74, 6) is 0.222. The molecule has 1 fully saturated rings. The van der Waals surface area contributed by atoms with Crippen molar-refractivity contribution in [2.75, 3.05) is 14.2 Å². The summed E-state index contributed by atoms with van der Waals surface area (Å²) in [4.78, 5) is 0. The molecule has 94 valence electrons. The van der Waals surface area contributed by atoms with E-state index in [2.05, 4.69) is 0 Å². The van der Waals surface area contributed by atoms with Gasteiger partial charge in [-0.05, 0) is 25.3 Å². The Morgan fingerprint density at radius 1 is 1.35 bits per heavy atom. The monoisotopic (exact) mass is 239 g/mol. The van der Waals surface area contributed by atoms with Crippen molar-refractivity contribution in [3.8, 4) is 5.75 Å². The SMILES string of the molecule is COCc1cc(C2(N)CCC2)c(F)cc1OC. The van der Waals surface area contributed by atoms with Gasteiger partial charge in [-0.1, -0.05) is 0 Å². The van der Waals surface area contributed by atoms with E-state index >= 15 is 0 Å². The summed E-state index contributed by atoms with van der Waals surface area (Å²) in [6, 6.07) is 3.17. The minimum atomic E-state index is -0.501. The zero-order chi connectivity index (χ0) is 12.5. The molecular weight excluding hydrogens is 221 g/mol. The summed E-state index contributed by atoms with van der Waals surface area (Å²) in [7, 11) is 3.12. The highest BCUT2D eigenvalue weighted by Crippen LogP contribution is 2.41. The third kappa shape index (κ3) is 2.15.